The molecule has 0 spiro atoms. The highest BCUT2D eigenvalue weighted by atomic mass is 32.1. The second-order valence-corrected chi connectivity index (χ2v) is 4.56. The van der Waals surface area contributed by atoms with Crippen molar-refractivity contribution in [1.82, 2.24) is 0 Å². The van der Waals surface area contributed by atoms with Gasteiger partial charge in [-0.1, -0.05) is 18.3 Å². The molecule has 0 unspecified atom stereocenters. The van der Waals surface area contributed by atoms with Crippen LogP contribution in [0.2, 0.25) is 0 Å². The van der Waals surface area contributed by atoms with Crippen LogP contribution in [0.4, 0.5) is 14.5 Å². The maximum atomic E-state index is 13.7. The molecule has 0 bridgehead atoms. The van der Waals surface area contributed by atoms with Gasteiger partial charge in [-0.2, -0.15) is 0 Å². The van der Waals surface area contributed by atoms with E-state index in [1.165, 1.54) is 20.3 Å². The predicted octanol–water partition coefficient (Wildman–Crippen LogP) is 3.77. The summed E-state index contributed by atoms with van der Waals surface area (Å²) < 4.78 is 37.6. The number of hydrogen-bond acceptors (Lipinski definition) is 3. The molecule has 0 aromatic heterocycles. The van der Waals surface area contributed by atoms with Crippen molar-refractivity contribution in [2.24, 2.45) is 0 Å². The zero-order chi connectivity index (χ0) is 15.4. The molecule has 0 fully saturated rings. The van der Waals surface area contributed by atoms with E-state index in [9.17, 15) is 8.78 Å². The van der Waals surface area contributed by atoms with Gasteiger partial charge in [0.05, 0.1) is 19.8 Å². The minimum atomic E-state index is -0.720. The van der Waals surface area contributed by atoms with Crippen molar-refractivity contribution in [3.05, 3.63) is 53.6 Å². The van der Waals surface area contributed by atoms with Crippen molar-refractivity contribution < 1.29 is 18.3 Å². The lowest BCUT2D eigenvalue weighted by Crippen LogP contribution is -2.14. The van der Waals surface area contributed by atoms with Gasteiger partial charge < -0.3 is 14.8 Å². The first-order chi connectivity index (χ1) is 10.0. The summed E-state index contributed by atoms with van der Waals surface area (Å²) in [6.45, 7) is 0. The largest absolute Gasteiger partial charge is 0.497 e. The molecule has 0 saturated heterocycles. The predicted molar refractivity (Wildman–Crippen MR) is 81.2 cm³/mol. The van der Waals surface area contributed by atoms with E-state index in [0.29, 0.717) is 17.2 Å². The Balaban J connectivity index is 2.31. The van der Waals surface area contributed by atoms with E-state index in [0.717, 1.165) is 12.1 Å². The van der Waals surface area contributed by atoms with Crippen molar-refractivity contribution in [2.75, 3.05) is 19.5 Å². The molecule has 21 heavy (non-hydrogen) atoms. The Bertz CT molecular complexity index is 634. The molecule has 0 aliphatic carbocycles. The summed E-state index contributed by atoms with van der Waals surface area (Å²) in [5.41, 5.74) is 0.244. The minimum absolute atomic E-state index is 0.0547. The van der Waals surface area contributed by atoms with Gasteiger partial charge in [0.25, 0.3) is 0 Å². The molecule has 0 amide bonds. The van der Waals surface area contributed by atoms with Crippen molar-refractivity contribution in [2.45, 2.75) is 0 Å². The van der Waals surface area contributed by atoms with Crippen molar-refractivity contribution >= 4 is 22.9 Å². The van der Waals surface area contributed by atoms with E-state index >= 15 is 0 Å². The van der Waals surface area contributed by atoms with E-state index < -0.39 is 11.6 Å². The van der Waals surface area contributed by atoms with Gasteiger partial charge in [-0.15, -0.1) is 0 Å². The van der Waals surface area contributed by atoms with Crippen LogP contribution in [0.15, 0.2) is 36.4 Å². The lowest BCUT2D eigenvalue weighted by Gasteiger charge is -2.12. The molecular formula is C15H13F2NO2S. The van der Waals surface area contributed by atoms with Crippen LogP contribution in [0, 0.1) is 11.6 Å². The Morgan fingerprint density at radius 1 is 1.00 bits per heavy atom. The average Bonchev–Trinajstić information content (AvgIpc) is 2.46. The SMILES string of the molecule is COc1cc(NC(=S)c2c(F)cccc2F)cc(OC)c1. The molecule has 2 aromatic rings. The number of hydrogen-bond donors (Lipinski definition) is 1. The van der Waals surface area contributed by atoms with E-state index in [1.54, 1.807) is 18.2 Å². The Morgan fingerprint density at radius 2 is 1.52 bits per heavy atom. The second-order valence-electron chi connectivity index (χ2n) is 4.15. The lowest BCUT2D eigenvalue weighted by molar-refractivity contribution is 0.395. The molecule has 110 valence electrons. The number of anilines is 1. The van der Waals surface area contributed by atoms with E-state index in [1.807, 2.05) is 0 Å². The maximum Gasteiger partial charge on any atom is 0.136 e. The van der Waals surface area contributed by atoms with Gasteiger partial charge in [0.15, 0.2) is 0 Å². The fraction of sp³-hybridized carbons (Fsp3) is 0.133. The Morgan fingerprint density at radius 3 is 2.00 bits per heavy atom. The van der Waals surface area contributed by atoms with Gasteiger partial charge in [0.2, 0.25) is 0 Å². The number of ether oxygens (including phenoxy) is 2. The molecule has 1 N–H and O–H groups in total. The number of halogens is 2. The molecule has 0 saturated carbocycles. The highest BCUT2D eigenvalue weighted by Gasteiger charge is 2.14. The van der Waals surface area contributed by atoms with Gasteiger partial charge in [0.1, 0.15) is 28.1 Å². The highest BCUT2D eigenvalue weighted by Crippen LogP contribution is 2.26. The smallest absolute Gasteiger partial charge is 0.136 e. The minimum Gasteiger partial charge on any atom is -0.497 e. The fourth-order valence-electron chi connectivity index (χ4n) is 1.79. The van der Waals surface area contributed by atoms with Crippen LogP contribution in [-0.2, 0) is 0 Å². The lowest BCUT2D eigenvalue weighted by atomic mass is 10.2. The number of thiocarbonyl (C=S) groups is 1. The van der Waals surface area contributed by atoms with Crippen LogP contribution in [-0.4, -0.2) is 19.2 Å². The summed E-state index contributed by atoms with van der Waals surface area (Å²) in [6.07, 6.45) is 0. The maximum absolute atomic E-state index is 13.7. The second kappa shape index (κ2) is 6.49. The molecule has 0 radical (unpaired) electrons. The topological polar surface area (TPSA) is 30.5 Å². The molecule has 0 aliphatic rings. The van der Waals surface area contributed by atoms with Crippen LogP contribution in [0.25, 0.3) is 0 Å². The van der Waals surface area contributed by atoms with Gasteiger partial charge in [0, 0.05) is 23.9 Å². The first-order valence-electron chi connectivity index (χ1n) is 6.03. The summed E-state index contributed by atoms with van der Waals surface area (Å²) >= 11 is 5.06. The van der Waals surface area contributed by atoms with Crippen LogP contribution in [0.1, 0.15) is 5.56 Å². The molecule has 6 heteroatoms. The quantitative estimate of drug-likeness (QED) is 0.871. The molecule has 0 atom stereocenters. The molecule has 2 rings (SSSR count). The Labute approximate surface area is 126 Å². The van der Waals surface area contributed by atoms with Crippen molar-refractivity contribution in [3.8, 4) is 11.5 Å². The summed E-state index contributed by atoms with van der Waals surface area (Å²) in [7, 11) is 3.01. The summed E-state index contributed by atoms with van der Waals surface area (Å²) in [6, 6.07) is 8.56. The van der Waals surface area contributed by atoms with Crippen molar-refractivity contribution in [1.29, 1.82) is 0 Å². The molecule has 2 aromatic carbocycles. The van der Waals surface area contributed by atoms with E-state index in [2.05, 4.69) is 5.32 Å². The number of nitrogens with one attached hydrogen (secondary N) is 1. The molecule has 3 nitrogen and oxygen atoms in total. The number of rotatable bonds is 4. The highest BCUT2D eigenvalue weighted by molar-refractivity contribution is 7.81. The summed E-state index contributed by atoms with van der Waals surface area (Å²) in [5.74, 6) is -0.368. The standard InChI is InChI=1S/C15H13F2NO2S/c1-19-10-6-9(7-11(8-10)20-2)18-15(21)14-12(16)4-3-5-13(14)17/h3-8H,1-2H3,(H,18,21). The first-order valence-corrected chi connectivity index (χ1v) is 6.44. The number of methoxy groups -OCH3 is 2. The monoisotopic (exact) mass is 309 g/mol. The zero-order valence-electron chi connectivity index (χ0n) is 11.4. The summed E-state index contributed by atoms with van der Waals surface area (Å²) in [4.78, 5) is -0.0547. The third kappa shape index (κ3) is 3.46. The van der Waals surface area contributed by atoms with E-state index in [4.69, 9.17) is 21.7 Å². The summed E-state index contributed by atoms with van der Waals surface area (Å²) in [5, 5.41) is 2.78. The van der Waals surface area contributed by atoms with Crippen molar-refractivity contribution in [3.63, 3.8) is 0 Å². The third-order valence-corrected chi connectivity index (χ3v) is 3.11. The Kier molecular flexibility index (Phi) is 4.70. The fourth-order valence-corrected chi connectivity index (χ4v) is 2.10. The molecular weight excluding hydrogens is 296 g/mol. The normalized spacial score (nSPS) is 10.1. The van der Waals surface area contributed by atoms with Gasteiger partial charge in [-0.05, 0) is 12.1 Å². The van der Waals surface area contributed by atoms with Crippen LogP contribution in [0.5, 0.6) is 11.5 Å². The Hall–Kier alpha value is -2.21. The molecule has 0 heterocycles. The third-order valence-electron chi connectivity index (χ3n) is 2.80. The van der Waals surface area contributed by atoms with Gasteiger partial charge >= 0.3 is 0 Å². The zero-order valence-corrected chi connectivity index (χ0v) is 12.3. The molecule has 0 aliphatic heterocycles. The number of benzene rings is 2. The van der Waals surface area contributed by atoms with Crippen LogP contribution >= 0.6 is 12.2 Å². The van der Waals surface area contributed by atoms with E-state index in [-0.39, 0.29) is 10.6 Å². The van der Waals surface area contributed by atoms with Crippen LogP contribution < -0.4 is 14.8 Å². The van der Waals surface area contributed by atoms with Gasteiger partial charge in [-0.25, -0.2) is 8.78 Å². The van der Waals surface area contributed by atoms with Crippen LogP contribution in [0.3, 0.4) is 0 Å². The average molecular weight is 309 g/mol. The first kappa shape index (κ1) is 15.2. The van der Waals surface area contributed by atoms with Gasteiger partial charge in [-0.3, -0.25) is 0 Å².